The molecule has 284 valence electrons. The summed E-state index contributed by atoms with van der Waals surface area (Å²) in [5.41, 5.74) is 1.25. The van der Waals surface area contributed by atoms with Crippen molar-refractivity contribution < 1.29 is 33.4 Å². The van der Waals surface area contributed by atoms with Crippen molar-refractivity contribution in [2.24, 2.45) is 5.92 Å². The summed E-state index contributed by atoms with van der Waals surface area (Å²) >= 11 is 0. The molecule has 3 N–H and O–H groups in total. The first kappa shape index (κ1) is 36.7. The van der Waals surface area contributed by atoms with Gasteiger partial charge in [0.15, 0.2) is 0 Å². The summed E-state index contributed by atoms with van der Waals surface area (Å²) in [4.78, 5) is 72.6. The highest BCUT2D eigenvalue weighted by Gasteiger charge is 2.62. The second-order valence-electron chi connectivity index (χ2n) is 15.6. The molecule has 2 saturated heterocycles. The van der Waals surface area contributed by atoms with Crippen molar-refractivity contribution in [1.29, 1.82) is 0 Å². The van der Waals surface area contributed by atoms with Gasteiger partial charge in [0.05, 0.1) is 6.54 Å². The SMILES string of the molecule is C/C=S(/NC(=O)[C@@]12C[C@H]1CCCCCCC[C@H](NC(=O)OC1CCCC1)C(=O)N1C[C@H](OC(=O)N3CCc4ccccc4C3)C[C@H]1C(=O)N2)C1CC1. The fourth-order valence-electron chi connectivity index (χ4n) is 8.63. The van der Waals surface area contributed by atoms with Crippen LogP contribution in [0.2, 0.25) is 0 Å². The molecule has 3 saturated carbocycles. The molecule has 6 atom stereocenters. The lowest BCUT2D eigenvalue weighted by molar-refractivity contribution is -0.141. The van der Waals surface area contributed by atoms with E-state index in [1.165, 1.54) is 10.5 Å². The van der Waals surface area contributed by atoms with Crippen LogP contribution in [-0.2, 0) is 36.8 Å². The molecule has 52 heavy (non-hydrogen) atoms. The molecule has 5 fully saturated rings. The third kappa shape index (κ3) is 8.44. The van der Waals surface area contributed by atoms with Crippen molar-refractivity contribution in [2.45, 2.75) is 151 Å². The van der Waals surface area contributed by atoms with Gasteiger partial charge in [-0.3, -0.25) is 14.4 Å². The van der Waals surface area contributed by atoms with Crippen LogP contribution in [0.1, 0.15) is 114 Å². The van der Waals surface area contributed by atoms with Crippen LogP contribution in [0.15, 0.2) is 24.3 Å². The Kier molecular flexibility index (Phi) is 11.4. The molecule has 1 unspecified atom stereocenters. The lowest BCUT2D eigenvalue weighted by Crippen LogP contribution is -2.57. The van der Waals surface area contributed by atoms with Gasteiger partial charge in [0.1, 0.15) is 29.8 Å². The number of ether oxygens (including phenoxy) is 2. The molecule has 7 rings (SSSR count). The number of nitrogens with zero attached hydrogens (tertiary/aromatic N) is 2. The Morgan fingerprint density at radius 2 is 1.62 bits per heavy atom. The van der Waals surface area contributed by atoms with Crippen molar-refractivity contribution in [3.63, 3.8) is 0 Å². The lowest BCUT2D eigenvalue weighted by atomic mass is 10.0. The number of benzene rings is 1. The second kappa shape index (κ2) is 16.2. The molecule has 1 aromatic rings. The first-order valence-corrected chi connectivity index (χ1v) is 21.0. The Morgan fingerprint density at radius 3 is 2.37 bits per heavy atom. The van der Waals surface area contributed by atoms with E-state index in [0.29, 0.717) is 31.2 Å². The molecule has 1 aromatic carbocycles. The molecule has 0 radical (unpaired) electrons. The van der Waals surface area contributed by atoms with Gasteiger partial charge in [-0.15, -0.1) is 0 Å². The minimum absolute atomic E-state index is 0.0154. The van der Waals surface area contributed by atoms with Crippen molar-refractivity contribution in [2.75, 3.05) is 13.1 Å². The summed E-state index contributed by atoms with van der Waals surface area (Å²) < 4.78 is 15.0. The van der Waals surface area contributed by atoms with Crippen molar-refractivity contribution >= 4 is 45.9 Å². The molecule has 0 bridgehead atoms. The predicted molar refractivity (Wildman–Crippen MR) is 198 cm³/mol. The van der Waals surface area contributed by atoms with Crippen LogP contribution in [0, 0.1) is 5.92 Å². The highest BCUT2D eigenvalue weighted by molar-refractivity contribution is 8.14. The van der Waals surface area contributed by atoms with Crippen LogP contribution in [0.4, 0.5) is 9.59 Å². The van der Waals surface area contributed by atoms with Gasteiger partial charge >= 0.3 is 12.2 Å². The maximum Gasteiger partial charge on any atom is 0.410 e. The number of alkyl carbamates (subject to hydrolysis) is 1. The van der Waals surface area contributed by atoms with E-state index < -0.39 is 47.7 Å². The molecule has 3 aliphatic heterocycles. The summed E-state index contributed by atoms with van der Waals surface area (Å²) in [6.45, 7) is 2.93. The molecule has 12 nitrogen and oxygen atoms in total. The zero-order valence-corrected chi connectivity index (χ0v) is 31.3. The van der Waals surface area contributed by atoms with Gasteiger partial charge in [-0.05, 0) is 93.5 Å². The van der Waals surface area contributed by atoms with E-state index in [9.17, 15) is 24.0 Å². The van der Waals surface area contributed by atoms with E-state index in [4.69, 9.17) is 9.47 Å². The molecule has 0 aromatic heterocycles. The van der Waals surface area contributed by atoms with Gasteiger partial charge in [0.25, 0.3) is 5.91 Å². The quantitative estimate of drug-likeness (QED) is 0.345. The topological polar surface area (TPSA) is 146 Å². The lowest BCUT2D eigenvalue weighted by Gasteiger charge is -2.30. The number of rotatable bonds is 6. The van der Waals surface area contributed by atoms with E-state index in [-0.39, 0.29) is 41.6 Å². The van der Waals surface area contributed by atoms with Gasteiger partial charge in [-0.25, -0.2) is 9.59 Å². The van der Waals surface area contributed by atoms with Crippen LogP contribution in [-0.4, -0.2) is 93.2 Å². The van der Waals surface area contributed by atoms with E-state index in [1.54, 1.807) is 4.90 Å². The van der Waals surface area contributed by atoms with Crippen LogP contribution in [0.5, 0.6) is 0 Å². The third-order valence-corrected chi connectivity index (χ3v) is 14.0. The maximum absolute atomic E-state index is 14.5. The fraction of sp³-hybridized carbons (Fsp3) is 0.692. The Labute approximate surface area is 309 Å². The molecule has 5 amide bonds. The molecule has 6 aliphatic rings. The number of hydrogen-bond donors (Lipinski definition) is 3. The number of nitrogens with one attached hydrogen (secondary N) is 3. The first-order chi connectivity index (χ1) is 25.2. The van der Waals surface area contributed by atoms with Crippen LogP contribution < -0.4 is 15.4 Å². The number of carbonyl (C=O) groups excluding carboxylic acids is 5. The minimum atomic E-state index is -1.03. The Morgan fingerprint density at radius 1 is 0.904 bits per heavy atom. The number of hydrogen-bond acceptors (Lipinski definition) is 7. The zero-order valence-electron chi connectivity index (χ0n) is 30.4. The van der Waals surface area contributed by atoms with Gasteiger partial charge in [-0.2, -0.15) is 0 Å². The van der Waals surface area contributed by atoms with Crippen molar-refractivity contribution in [3.05, 3.63) is 35.4 Å². The molecular weight excluding hydrogens is 683 g/mol. The molecular formula is C39H55N5O7S. The van der Waals surface area contributed by atoms with Crippen LogP contribution in [0.3, 0.4) is 0 Å². The maximum atomic E-state index is 14.5. The Balaban J connectivity index is 1.11. The van der Waals surface area contributed by atoms with E-state index in [1.807, 2.05) is 25.1 Å². The van der Waals surface area contributed by atoms with Crippen LogP contribution >= 0.6 is 10.7 Å². The fourth-order valence-corrected chi connectivity index (χ4v) is 10.3. The zero-order chi connectivity index (χ0) is 36.2. The van der Waals surface area contributed by atoms with Gasteiger partial charge in [0, 0.05) is 24.8 Å². The summed E-state index contributed by atoms with van der Waals surface area (Å²) in [7, 11) is -0.353. The third-order valence-electron chi connectivity index (χ3n) is 11.9. The van der Waals surface area contributed by atoms with Gasteiger partial charge in [0.2, 0.25) is 11.8 Å². The monoisotopic (exact) mass is 737 g/mol. The predicted octanol–water partition coefficient (Wildman–Crippen LogP) is 5.09. The normalized spacial score (nSPS) is 30.5. The molecule has 13 heteroatoms. The molecule has 0 spiro atoms. The molecule has 3 heterocycles. The standard InChI is InChI=1S/C39H55N5O7S/c1-2-52(31-18-19-31)42-36(47)39-23-28(39)14-6-4-3-5-7-17-32(40-37(48)50-29-15-10-11-16-29)35(46)44-25-30(22-33(44)34(45)41-39)51-38(49)43-21-20-26-12-8-9-13-27(26)24-43/h2,8-9,12-13,28-33H,3-7,10-11,14-25H2,1H3,(H,40,48)(H,41,45)(H,42,47)/t28-,30-,32+,33+,39-,52?/m1/s1. The van der Waals surface area contributed by atoms with Crippen molar-refractivity contribution in [1.82, 2.24) is 25.2 Å². The summed E-state index contributed by atoms with van der Waals surface area (Å²) in [5.74, 6) is -0.957. The van der Waals surface area contributed by atoms with Gasteiger partial charge < -0.3 is 34.6 Å². The van der Waals surface area contributed by atoms with Gasteiger partial charge in [-0.1, -0.05) is 67.0 Å². The first-order valence-electron chi connectivity index (χ1n) is 19.7. The van der Waals surface area contributed by atoms with E-state index in [2.05, 4.69) is 26.8 Å². The molecule has 3 aliphatic carbocycles. The second-order valence-corrected chi connectivity index (χ2v) is 17.7. The average Bonchev–Trinajstić information content (AvgIpc) is 4.00. The number of fused-ring (bicyclic) bond motifs is 3. The van der Waals surface area contributed by atoms with E-state index in [0.717, 1.165) is 89.0 Å². The smallest absolute Gasteiger partial charge is 0.410 e. The highest BCUT2D eigenvalue weighted by atomic mass is 32.2. The number of amides is 5. The highest BCUT2D eigenvalue weighted by Crippen LogP contribution is 2.49. The van der Waals surface area contributed by atoms with Crippen LogP contribution in [0.25, 0.3) is 0 Å². The largest absolute Gasteiger partial charge is 0.446 e. The Bertz CT molecular complexity index is 1560. The minimum Gasteiger partial charge on any atom is -0.446 e. The number of carbonyl (C=O) groups is 5. The van der Waals surface area contributed by atoms with Crippen molar-refractivity contribution in [3.8, 4) is 0 Å². The summed E-state index contributed by atoms with van der Waals surface area (Å²) in [5, 5.41) is 8.52. The average molecular weight is 738 g/mol. The summed E-state index contributed by atoms with van der Waals surface area (Å²) in [6.07, 6.45) is 11.0. The van der Waals surface area contributed by atoms with E-state index >= 15 is 0 Å². The summed E-state index contributed by atoms with van der Waals surface area (Å²) in [6, 6.07) is 6.17. The Hall–Kier alpha value is -3.61.